The minimum absolute atomic E-state index is 0. The molecule has 0 saturated heterocycles. The van der Waals surface area contributed by atoms with Gasteiger partial charge in [0.15, 0.2) is 17.2 Å². The van der Waals surface area contributed by atoms with Gasteiger partial charge in [-0.3, -0.25) is 14.1 Å². The van der Waals surface area contributed by atoms with E-state index in [1.54, 1.807) is 20.8 Å². The van der Waals surface area contributed by atoms with Gasteiger partial charge < -0.3 is 20.0 Å². The van der Waals surface area contributed by atoms with Crippen LogP contribution in [0.3, 0.4) is 0 Å². The van der Waals surface area contributed by atoms with Crippen molar-refractivity contribution in [3.05, 3.63) is 23.8 Å². The summed E-state index contributed by atoms with van der Waals surface area (Å²) < 4.78 is 34.2. The Morgan fingerprint density at radius 3 is 2.52 bits per heavy atom. The van der Waals surface area contributed by atoms with E-state index in [0.29, 0.717) is 18.4 Å². The number of phosphoric acid groups is 1. The average molecular weight is 496 g/mol. The number of fused-ring (bicyclic) bond motifs is 5. The van der Waals surface area contributed by atoms with Crippen LogP contribution in [0.4, 0.5) is 4.39 Å². The fourth-order valence-electron chi connectivity index (χ4n) is 7.67. The van der Waals surface area contributed by atoms with Crippen molar-refractivity contribution < 1.29 is 43.1 Å². The van der Waals surface area contributed by atoms with E-state index in [1.807, 2.05) is 0 Å². The number of phosphoric ester groups is 1. The van der Waals surface area contributed by atoms with Crippen LogP contribution in [0.1, 0.15) is 46.5 Å². The van der Waals surface area contributed by atoms with Gasteiger partial charge in [0.1, 0.15) is 12.2 Å². The number of carbonyl (C=O) groups excluding carboxylic acids is 2. The van der Waals surface area contributed by atoms with Crippen molar-refractivity contribution in [1.29, 1.82) is 0 Å². The maximum absolute atomic E-state index is 17.1. The first-order valence-corrected chi connectivity index (χ1v) is 12.4. The molecule has 4 N–H and O–H groups in total. The van der Waals surface area contributed by atoms with Crippen molar-refractivity contribution in [2.24, 2.45) is 28.6 Å². The number of ketones is 2. The summed E-state index contributed by atoms with van der Waals surface area (Å²) in [6, 6.07) is 0. The molecule has 0 aromatic heterocycles. The quantitative estimate of drug-likeness (QED) is 0.338. The molecule has 4 aliphatic carbocycles. The molecule has 0 amide bonds. The van der Waals surface area contributed by atoms with Gasteiger partial charge in [0, 0.05) is 16.7 Å². The van der Waals surface area contributed by atoms with Crippen LogP contribution in [0.2, 0.25) is 0 Å². The van der Waals surface area contributed by atoms with Crippen LogP contribution in [0.5, 0.6) is 0 Å². The van der Waals surface area contributed by atoms with Gasteiger partial charge in [0.25, 0.3) is 0 Å². The molecule has 0 aromatic carbocycles. The number of rotatable bonds is 4. The van der Waals surface area contributed by atoms with Crippen molar-refractivity contribution in [2.75, 3.05) is 6.61 Å². The van der Waals surface area contributed by atoms with E-state index in [-0.39, 0.29) is 48.2 Å². The molecule has 0 heterocycles. The van der Waals surface area contributed by atoms with Gasteiger partial charge in [-0.25, -0.2) is 8.96 Å². The van der Waals surface area contributed by atoms with Gasteiger partial charge >= 0.3 is 37.4 Å². The van der Waals surface area contributed by atoms with Crippen molar-refractivity contribution in [3.63, 3.8) is 0 Å². The molecule has 3 fully saturated rings. The average Bonchev–Trinajstić information content (AvgIpc) is 2.90. The molecule has 0 aliphatic heterocycles. The molecule has 3 saturated carbocycles. The van der Waals surface area contributed by atoms with Gasteiger partial charge in [0.2, 0.25) is 0 Å². The molecule has 33 heavy (non-hydrogen) atoms. The second-order valence-corrected chi connectivity index (χ2v) is 11.5. The molecule has 0 aromatic rings. The van der Waals surface area contributed by atoms with Crippen LogP contribution in [0.15, 0.2) is 23.8 Å². The Morgan fingerprint density at radius 2 is 1.94 bits per heavy atom. The fraction of sp³-hybridized carbons (Fsp3) is 0.727. The number of hydrogen-bond donors (Lipinski definition) is 4. The molecule has 0 bridgehead atoms. The van der Waals surface area contributed by atoms with Crippen molar-refractivity contribution in [2.45, 2.75) is 63.8 Å². The molecule has 180 valence electrons. The first kappa shape index (κ1) is 27.4. The maximum atomic E-state index is 17.1. The van der Waals surface area contributed by atoms with Crippen molar-refractivity contribution >= 4 is 48.9 Å². The molecule has 0 radical (unpaired) electrons. The van der Waals surface area contributed by atoms with Crippen LogP contribution in [-0.2, 0) is 18.7 Å². The van der Waals surface area contributed by atoms with Gasteiger partial charge in [-0.1, -0.05) is 25.5 Å². The van der Waals surface area contributed by atoms with E-state index in [0.717, 1.165) is 0 Å². The second kappa shape index (κ2) is 8.43. The molecule has 11 heteroatoms. The predicted molar refractivity (Wildman–Crippen MR) is 118 cm³/mol. The number of Topliss-reactive ketones (excluding diaryl/α,β-unsaturated/α-hetero) is 1. The normalized spacial score (nSPS) is 46.5. The third-order valence-electron chi connectivity index (χ3n) is 9.00. The molecule has 8 atom stereocenters. The molecule has 0 spiro atoms. The van der Waals surface area contributed by atoms with Crippen LogP contribution in [0.25, 0.3) is 0 Å². The Balaban J connectivity index is 0.00000306. The molecule has 8 nitrogen and oxygen atoms in total. The summed E-state index contributed by atoms with van der Waals surface area (Å²) in [4.78, 5) is 44.2. The number of carbonyl (C=O) groups is 2. The number of hydrogen-bond acceptors (Lipinski definition) is 6. The van der Waals surface area contributed by atoms with Gasteiger partial charge in [-0.15, -0.1) is 0 Å². The minimum atomic E-state index is -5.17. The zero-order valence-corrected chi connectivity index (χ0v) is 19.2. The number of allylic oxidation sites excluding steroid dienone is 4. The Morgan fingerprint density at radius 1 is 1.30 bits per heavy atom. The summed E-state index contributed by atoms with van der Waals surface area (Å²) in [6.45, 7) is 3.87. The standard InChI is InChI=1S/C22H30FO8P.Na.H/c1-12-8-16-15-5-4-13-9-14(25)6-7-19(13,2)21(15,23)17(26)10-20(16,3)22(12,18(27)11-24)31-32(28,29)30;;/h6-7,9,12,15-17,24,26H,4-5,8,10-11H2,1-3H3,(H2,28,29,30);;/t12-,15+,16+,17+,19+,20+,21+,22+;;/m1../s1. The Bertz CT molecular complexity index is 979. The summed E-state index contributed by atoms with van der Waals surface area (Å²) >= 11 is 0. The first-order chi connectivity index (χ1) is 14.7. The summed E-state index contributed by atoms with van der Waals surface area (Å²) in [5.74, 6) is -3.13. The Hall–Kier alpha value is -0.220. The van der Waals surface area contributed by atoms with E-state index in [9.17, 15) is 34.2 Å². The molecule has 4 rings (SSSR count). The van der Waals surface area contributed by atoms with Gasteiger partial charge in [-0.05, 0) is 56.6 Å². The second-order valence-electron chi connectivity index (χ2n) is 10.3. The van der Waals surface area contributed by atoms with E-state index in [1.165, 1.54) is 18.2 Å². The van der Waals surface area contributed by atoms with Crippen LogP contribution < -0.4 is 0 Å². The third kappa shape index (κ3) is 3.50. The molecule has 4 aliphatic rings. The Labute approximate surface area is 214 Å². The Kier molecular flexibility index (Phi) is 6.99. The first-order valence-electron chi connectivity index (χ1n) is 10.9. The number of halogens is 1. The number of alkyl halides is 1. The van der Waals surface area contributed by atoms with Crippen LogP contribution in [-0.4, -0.2) is 85.1 Å². The SMILES string of the molecule is C[C@@H]1C[C@H]2[C@@H]3CCC4=CC(=O)C=C[C@]4(C)[C@@]3(F)[C@@H](O)C[C@]2(C)[C@@]1(OP(=O)(O)O)C(=O)CO.[NaH]. The van der Waals surface area contributed by atoms with Crippen molar-refractivity contribution in [1.82, 2.24) is 0 Å². The van der Waals surface area contributed by atoms with E-state index < -0.39 is 66.2 Å². The topological polar surface area (TPSA) is 141 Å². The van der Waals surface area contributed by atoms with Crippen LogP contribution in [0, 0.1) is 28.6 Å². The monoisotopic (exact) mass is 496 g/mol. The van der Waals surface area contributed by atoms with E-state index in [2.05, 4.69) is 0 Å². The van der Waals surface area contributed by atoms with E-state index in [4.69, 9.17) is 4.52 Å². The summed E-state index contributed by atoms with van der Waals surface area (Å²) in [7, 11) is -5.17. The third-order valence-corrected chi connectivity index (χ3v) is 9.53. The van der Waals surface area contributed by atoms with Gasteiger partial charge in [0.05, 0.1) is 6.10 Å². The summed E-state index contributed by atoms with van der Waals surface area (Å²) in [5.41, 5.74) is -6.13. The number of aliphatic hydroxyl groups is 2. The zero-order chi connectivity index (χ0) is 23.9. The molecular weight excluding hydrogens is 465 g/mol. The number of aliphatic hydroxyl groups excluding tert-OH is 2. The van der Waals surface area contributed by atoms with Gasteiger partial charge in [-0.2, -0.15) is 0 Å². The predicted octanol–water partition coefficient (Wildman–Crippen LogP) is 1.36. The fourth-order valence-corrected chi connectivity index (χ4v) is 8.54. The van der Waals surface area contributed by atoms with E-state index >= 15 is 4.39 Å². The summed E-state index contributed by atoms with van der Waals surface area (Å²) in [6.07, 6.45) is 3.34. The van der Waals surface area contributed by atoms with Crippen LogP contribution >= 0.6 is 7.82 Å². The molecular formula is C22H31FNaO8P. The zero-order valence-electron chi connectivity index (χ0n) is 18.3. The molecule has 0 unspecified atom stereocenters. The summed E-state index contributed by atoms with van der Waals surface area (Å²) in [5, 5.41) is 21.0. The van der Waals surface area contributed by atoms with Crippen molar-refractivity contribution in [3.8, 4) is 0 Å².